The minimum Gasteiger partial charge on any atom is -0.494 e. The highest BCUT2D eigenvalue weighted by Gasteiger charge is 2.37. The minimum absolute atomic E-state index is 0.0643. The number of nitrogens with zero attached hydrogens (tertiary/aromatic N) is 7. The number of rotatable bonds is 15. The van der Waals surface area contributed by atoms with Crippen LogP contribution in [-0.4, -0.2) is 122 Å². The lowest BCUT2D eigenvalue weighted by atomic mass is 9.78. The van der Waals surface area contributed by atoms with Gasteiger partial charge in [0.25, 0.3) is 0 Å². The van der Waals surface area contributed by atoms with Gasteiger partial charge < -0.3 is 34.6 Å². The fourth-order valence-electron chi connectivity index (χ4n) is 10.9. The van der Waals surface area contributed by atoms with Gasteiger partial charge in [0.2, 0.25) is 17.8 Å². The highest BCUT2D eigenvalue weighted by molar-refractivity contribution is 9.10. The van der Waals surface area contributed by atoms with Crippen molar-refractivity contribution in [2.45, 2.75) is 83.2 Å². The van der Waals surface area contributed by atoms with Crippen molar-refractivity contribution in [2.24, 2.45) is 5.92 Å². The van der Waals surface area contributed by atoms with Crippen LogP contribution in [0.5, 0.6) is 5.75 Å². The highest BCUT2D eigenvalue weighted by atomic mass is 79.9. The molecule has 1 atom stereocenters. The van der Waals surface area contributed by atoms with E-state index in [2.05, 4.69) is 77.5 Å². The van der Waals surface area contributed by atoms with Crippen molar-refractivity contribution in [1.82, 2.24) is 30.1 Å². The summed E-state index contributed by atoms with van der Waals surface area (Å²) in [6.45, 7) is 14.9. The summed E-state index contributed by atoms with van der Waals surface area (Å²) in [5.41, 5.74) is 5.88. The Morgan fingerprint density at radius 3 is 2.29 bits per heavy atom. The predicted molar refractivity (Wildman–Crippen MR) is 279 cm³/mol. The number of pyridine rings is 1. The molecular formula is C52H64BrF2N10O4P. The van der Waals surface area contributed by atoms with Crippen molar-refractivity contribution in [3.63, 3.8) is 0 Å². The molecule has 5 aromatic rings. The van der Waals surface area contributed by atoms with Crippen LogP contribution in [0.25, 0.3) is 10.9 Å². The van der Waals surface area contributed by atoms with Crippen molar-refractivity contribution in [1.29, 1.82) is 0 Å². The van der Waals surface area contributed by atoms with Crippen LogP contribution in [-0.2, 0) is 27.0 Å². The maximum Gasteiger partial charge on any atom is 0.234 e. The number of piperidine rings is 2. The number of carbonyl (C=O) groups excluding carboxylic acids is 2. The van der Waals surface area contributed by atoms with Gasteiger partial charge in [0, 0.05) is 117 Å². The average Bonchev–Trinajstić information content (AvgIpc) is 3.33. The molecule has 2 amide bonds. The van der Waals surface area contributed by atoms with Crippen LogP contribution in [0.1, 0.15) is 75.1 Å². The Morgan fingerprint density at radius 2 is 1.63 bits per heavy atom. The zero-order chi connectivity index (χ0) is 49.4. The number of anilines is 6. The number of imide groups is 1. The third kappa shape index (κ3) is 10.5. The third-order valence-corrected chi connectivity index (χ3v) is 17.0. The van der Waals surface area contributed by atoms with E-state index in [1.807, 2.05) is 36.2 Å². The third-order valence-electron chi connectivity index (χ3n) is 14.9. The van der Waals surface area contributed by atoms with Gasteiger partial charge in [0.15, 0.2) is 0 Å². The Balaban J connectivity index is 0.770. The number of hydrogen-bond acceptors (Lipinski definition) is 13. The monoisotopic (exact) mass is 1040 g/mol. The zero-order valence-corrected chi connectivity index (χ0v) is 43.4. The van der Waals surface area contributed by atoms with Gasteiger partial charge in [-0.2, -0.15) is 4.98 Å². The first kappa shape index (κ1) is 49.7. The number of piperazine rings is 1. The quantitative estimate of drug-likeness (QED) is 0.0678. The number of carbonyl (C=O) groups is 2. The smallest absolute Gasteiger partial charge is 0.234 e. The summed E-state index contributed by atoms with van der Waals surface area (Å²) in [7, 11) is 0.824. The maximum atomic E-state index is 15.3. The van der Waals surface area contributed by atoms with Gasteiger partial charge in [-0.25, -0.2) is 13.8 Å². The number of hydrogen-bond donors (Lipinski definition) is 3. The van der Waals surface area contributed by atoms with Gasteiger partial charge in [-0.05, 0) is 122 Å². The topological polar surface area (TPSA) is 148 Å². The molecule has 9 rings (SSSR count). The van der Waals surface area contributed by atoms with Crippen molar-refractivity contribution in [2.75, 3.05) is 93.7 Å². The molecule has 4 aliphatic rings. The van der Waals surface area contributed by atoms with Crippen LogP contribution in [0.4, 0.5) is 43.3 Å². The minimum atomic E-state index is -2.74. The largest absolute Gasteiger partial charge is 0.494 e. The summed E-state index contributed by atoms with van der Waals surface area (Å²) in [6, 6.07) is 15.5. The SMILES string of the molecule is CCc1ccc2c(P(C)(C)=O)c(Nc3nc(Nc4cc(CC)c(N5CCC(N6CCN(CC7CC(N(C)c8cc(F)c(C9CCC(=O)NC9=O)c(F)c8)C7)CC6)CC5)cc4OC)ncc3Br)ccc2n1. The first-order valence-electron chi connectivity index (χ1n) is 24.6. The van der Waals surface area contributed by atoms with E-state index >= 15 is 8.78 Å². The first-order chi connectivity index (χ1) is 33.6. The molecule has 70 heavy (non-hydrogen) atoms. The maximum absolute atomic E-state index is 15.3. The number of benzene rings is 3. The molecule has 372 valence electrons. The van der Waals surface area contributed by atoms with E-state index in [0.29, 0.717) is 45.3 Å². The fraction of sp³-hybridized carbons (Fsp3) is 0.481. The Labute approximate surface area is 417 Å². The van der Waals surface area contributed by atoms with E-state index < -0.39 is 36.5 Å². The Bertz CT molecular complexity index is 2810. The van der Waals surface area contributed by atoms with Gasteiger partial charge >= 0.3 is 0 Å². The van der Waals surface area contributed by atoms with E-state index in [4.69, 9.17) is 14.7 Å². The molecule has 3 aromatic carbocycles. The van der Waals surface area contributed by atoms with Gasteiger partial charge in [0.05, 0.1) is 34.4 Å². The molecule has 0 radical (unpaired) electrons. The first-order valence-corrected chi connectivity index (χ1v) is 28.0. The molecule has 3 saturated heterocycles. The van der Waals surface area contributed by atoms with Crippen LogP contribution in [0.3, 0.4) is 0 Å². The molecule has 0 bridgehead atoms. The lowest BCUT2D eigenvalue weighted by molar-refractivity contribution is -0.134. The number of methoxy groups -OCH3 is 1. The molecule has 14 nitrogen and oxygen atoms in total. The van der Waals surface area contributed by atoms with E-state index in [9.17, 15) is 14.2 Å². The predicted octanol–water partition coefficient (Wildman–Crippen LogP) is 8.96. The second-order valence-corrected chi connectivity index (χ2v) is 23.7. The molecule has 3 aliphatic heterocycles. The van der Waals surface area contributed by atoms with Crippen LogP contribution in [0.15, 0.2) is 59.2 Å². The standard InChI is InChI=1S/C52H64BrF2N10O4P/c1-7-32-25-44(59-52-56-29-39(53)50(61-52)58-43-13-12-42-37(49(43)70(5,6)68)10-9-33(8-2)57-42)46(69-4)28-45(32)65-17-15-34(16-18-65)64-21-19-63(20-22-64)30-31-23-35(24-31)62(3)36-26-40(54)48(41(55)27-36)38-11-14-47(66)60-51(38)67/h9-10,12-13,25-29,31,34-35,38H,7-8,11,14-24,30H2,1-6H3,(H,60,66,67)(H2,56,58,59,61). The number of aromatic nitrogens is 3. The van der Waals surface area contributed by atoms with Crippen LogP contribution in [0.2, 0.25) is 0 Å². The van der Waals surface area contributed by atoms with Crippen LogP contribution in [0, 0.1) is 17.6 Å². The molecule has 2 aromatic heterocycles. The number of aryl methyl sites for hydroxylation is 2. The van der Waals surface area contributed by atoms with E-state index in [-0.39, 0.29) is 24.4 Å². The summed E-state index contributed by atoms with van der Waals surface area (Å²) in [6.07, 6.45) is 7.61. The summed E-state index contributed by atoms with van der Waals surface area (Å²) >= 11 is 3.63. The van der Waals surface area contributed by atoms with E-state index in [1.165, 1.54) is 23.4 Å². The van der Waals surface area contributed by atoms with Gasteiger partial charge in [-0.15, -0.1) is 0 Å². The molecule has 5 heterocycles. The van der Waals surface area contributed by atoms with Crippen molar-refractivity contribution in [3.05, 3.63) is 87.7 Å². The van der Waals surface area contributed by atoms with Crippen molar-refractivity contribution in [3.8, 4) is 5.75 Å². The molecule has 1 saturated carbocycles. The molecule has 18 heteroatoms. The number of halogens is 3. The molecule has 3 N–H and O–H groups in total. The van der Waals surface area contributed by atoms with Crippen LogP contribution >= 0.6 is 23.1 Å². The molecule has 1 unspecified atom stereocenters. The van der Waals surface area contributed by atoms with Gasteiger partial charge in [-0.3, -0.25) is 24.8 Å². The average molecular weight is 1040 g/mol. The Kier molecular flexibility index (Phi) is 14.8. The molecule has 4 fully saturated rings. The molecule has 0 spiro atoms. The summed E-state index contributed by atoms with van der Waals surface area (Å²) in [5, 5.41) is 10.7. The highest BCUT2D eigenvalue weighted by Crippen LogP contribution is 2.43. The second kappa shape index (κ2) is 20.9. The van der Waals surface area contributed by atoms with E-state index in [1.54, 1.807) is 26.6 Å². The second-order valence-electron chi connectivity index (χ2n) is 19.7. The van der Waals surface area contributed by atoms with Gasteiger partial charge in [-0.1, -0.05) is 19.9 Å². The lowest BCUT2D eigenvalue weighted by Gasteiger charge is -2.47. The summed E-state index contributed by atoms with van der Waals surface area (Å²) < 4.78 is 50.9. The fourth-order valence-corrected chi connectivity index (χ4v) is 12.7. The van der Waals surface area contributed by atoms with E-state index in [0.717, 1.165) is 112 Å². The normalized spacial score (nSPS) is 20.6. The van der Waals surface area contributed by atoms with Crippen LogP contribution < -0.4 is 35.8 Å². The Morgan fingerprint density at radius 1 is 0.900 bits per heavy atom. The number of amides is 2. The zero-order valence-electron chi connectivity index (χ0n) is 41.0. The Hall–Kier alpha value is -5.22. The van der Waals surface area contributed by atoms with Crippen molar-refractivity contribution < 1.29 is 27.7 Å². The molecular weight excluding hydrogens is 978 g/mol. The lowest BCUT2D eigenvalue weighted by Crippen LogP contribution is -2.55. The number of ether oxygens (including phenoxy) is 1. The van der Waals surface area contributed by atoms with Crippen molar-refractivity contribution >= 4 is 85.6 Å². The molecule has 1 aliphatic carbocycles. The summed E-state index contributed by atoms with van der Waals surface area (Å²) in [5.74, 6) is -1.40. The number of nitrogens with one attached hydrogen (secondary N) is 3. The number of fused-ring (bicyclic) bond motifs is 1. The summed E-state index contributed by atoms with van der Waals surface area (Å²) in [4.78, 5) is 47.8. The van der Waals surface area contributed by atoms with Gasteiger partial charge in [0.1, 0.15) is 30.3 Å².